The Morgan fingerprint density at radius 2 is 0.850 bits per heavy atom. The van der Waals surface area contributed by atoms with Gasteiger partial charge in [0.1, 0.15) is 9.66 Å². The molecule has 2 N–H and O–H groups in total. The molecule has 0 aliphatic rings. The van der Waals surface area contributed by atoms with E-state index in [0.717, 1.165) is 30.0 Å². The normalized spacial score (nSPS) is 10.7. The minimum Gasteiger partial charge on any atom is -0.480 e. The van der Waals surface area contributed by atoms with Crippen LogP contribution in [0.3, 0.4) is 0 Å². The highest BCUT2D eigenvalue weighted by Gasteiger charge is 2.25. The number of hydrogen-bond donors (Lipinski definition) is 2. The lowest BCUT2D eigenvalue weighted by Crippen LogP contribution is -2.34. The van der Waals surface area contributed by atoms with Crippen LogP contribution in [-0.4, -0.2) is 87.5 Å². The van der Waals surface area contributed by atoms with Crippen molar-refractivity contribution in [2.75, 3.05) is 28.3 Å². The predicted molar refractivity (Wildman–Crippen MR) is 315 cm³/mol. The second kappa shape index (κ2) is 26.8. The predicted octanol–water partition coefficient (Wildman–Crippen LogP) is 10.0. The molecule has 0 atom stereocenters. The van der Waals surface area contributed by atoms with Crippen molar-refractivity contribution in [3.8, 4) is 44.3 Å². The fourth-order valence-corrected chi connectivity index (χ4v) is 10.8. The molecule has 24 heteroatoms. The molecule has 10 rings (SSSR count). The van der Waals surface area contributed by atoms with Crippen LogP contribution in [0.25, 0.3) is 53.0 Å². The second-order valence-electron chi connectivity index (χ2n) is 17.2. The smallest absolute Gasteiger partial charge is 0.335 e. The first-order valence-electron chi connectivity index (χ1n) is 23.0. The molecular weight excluding hydrogens is 1060 g/mol. The van der Waals surface area contributed by atoms with Crippen molar-refractivity contribution >= 4 is 54.5 Å². The molecule has 0 radical (unpaired) electrons. The molecule has 10 aromatic rings. The number of rotatable bonds is 16. The number of ether oxygens (including phenoxy) is 2. The monoisotopic (exact) mass is 1120 g/mol. The van der Waals surface area contributed by atoms with E-state index in [4.69, 9.17) is 9.47 Å². The summed E-state index contributed by atoms with van der Waals surface area (Å²) < 4.78 is 12.0. The molecule has 0 aliphatic carbocycles. The quantitative estimate of drug-likeness (QED) is 0.0672. The molecule has 6 heterocycles. The summed E-state index contributed by atoms with van der Waals surface area (Å²) in [5.41, 5.74) is 2.58. The summed E-state index contributed by atoms with van der Waals surface area (Å²) in [5.74, 6) is 0.619. The molecule has 0 unspecified atom stereocenters. The molecule has 0 aliphatic heterocycles. The van der Waals surface area contributed by atoms with E-state index in [1.807, 2.05) is 74.8 Å². The Hall–Kier alpha value is -9.36. The maximum absolute atomic E-state index is 13.8. The Labute approximate surface area is 467 Å². The molecule has 0 fully saturated rings. The molecule has 0 saturated carbocycles. The number of methoxy groups -OCH3 is 2. The van der Waals surface area contributed by atoms with Gasteiger partial charge in [0.05, 0.1) is 34.8 Å². The van der Waals surface area contributed by atoms with Crippen LogP contribution >= 0.6 is 22.7 Å². The standard InChI is InChI=1S/2C26H22N6O5S.4CH4/c2*1-30(14-16-6-4-3-5-7-16)15-19-22-24(38-23(19)17-8-10-18(11-9-17)32(35)36)27-26(34)31(25(22)33)20-12-13-21(37-2)29-28-20;;;;/h2*3-13H,14-15H2,1-2H3,(H,27,34);4*1H4. The van der Waals surface area contributed by atoms with Crippen LogP contribution in [0.4, 0.5) is 11.4 Å². The van der Waals surface area contributed by atoms with E-state index in [1.54, 1.807) is 24.3 Å². The van der Waals surface area contributed by atoms with Gasteiger partial charge in [0.15, 0.2) is 11.6 Å². The van der Waals surface area contributed by atoms with Crippen molar-refractivity contribution < 1.29 is 19.3 Å². The molecule has 6 aromatic heterocycles. The van der Waals surface area contributed by atoms with Crippen LogP contribution in [0.15, 0.2) is 153 Å². The zero-order valence-corrected chi connectivity index (χ0v) is 42.5. The van der Waals surface area contributed by atoms with Crippen LogP contribution in [-0.2, 0) is 26.2 Å². The number of hydrogen-bond acceptors (Lipinski definition) is 18. The number of fused-ring (bicyclic) bond motifs is 2. The van der Waals surface area contributed by atoms with Crippen molar-refractivity contribution in [1.82, 2.24) is 49.3 Å². The van der Waals surface area contributed by atoms with Crippen molar-refractivity contribution in [2.24, 2.45) is 0 Å². The van der Waals surface area contributed by atoms with Gasteiger partial charge in [-0.15, -0.1) is 43.1 Å². The van der Waals surface area contributed by atoms with Gasteiger partial charge in [-0.1, -0.05) is 90.4 Å². The highest BCUT2D eigenvalue weighted by Crippen LogP contribution is 2.39. The van der Waals surface area contributed by atoms with Gasteiger partial charge in [0.2, 0.25) is 11.8 Å². The lowest BCUT2D eigenvalue weighted by molar-refractivity contribution is -0.385. The molecule has 0 saturated heterocycles. The number of H-pyrrole nitrogens is 2. The van der Waals surface area contributed by atoms with Gasteiger partial charge in [-0.25, -0.2) is 18.7 Å². The van der Waals surface area contributed by atoms with Gasteiger partial charge in [-0.3, -0.25) is 49.6 Å². The van der Waals surface area contributed by atoms with Gasteiger partial charge in [0.25, 0.3) is 22.5 Å². The van der Waals surface area contributed by atoms with Gasteiger partial charge >= 0.3 is 11.4 Å². The van der Waals surface area contributed by atoms with Crippen LogP contribution in [0, 0.1) is 20.2 Å². The topological polar surface area (TPSA) is 272 Å². The fourth-order valence-electron chi connectivity index (χ4n) is 8.45. The first-order valence-corrected chi connectivity index (χ1v) is 24.7. The third-order valence-electron chi connectivity index (χ3n) is 12.0. The number of nitrogens with zero attached hydrogens (tertiary/aromatic N) is 10. The molecule has 0 spiro atoms. The summed E-state index contributed by atoms with van der Waals surface area (Å²) in [7, 11) is 6.76. The first-order chi connectivity index (χ1) is 36.7. The zero-order valence-electron chi connectivity index (χ0n) is 40.9. The number of aromatic nitrogens is 8. The number of non-ortho nitro benzene ring substituents is 2. The Kier molecular flexibility index (Phi) is 20.6. The molecule has 0 amide bonds. The number of benzene rings is 4. The van der Waals surface area contributed by atoms with Crippen molar-refractivity contribution in [2.45, 2.75) is 55.9 Å². The lowest BCUT2D eigenvalue weighted by atomic mass is 10.1. The van der Waals surface area contributed by atoms with Crippen LogP contribution in [0.5, 0.6) is 11.8 Å². The highest BCUT2D eigenvalue weighted by molar-refractivity contribution is 7.22. The molecular formula is C56H60N12O10S2. The van der Waals surface area contributed by atoms with Gasteiger partial charge in [-0.2, -0.15) is 0 Å². The maximum Gasteiger partial charge on any atom is 0.335 e. The largest absolute Gasteiger partial charge is 0.480 e. The van der Waals surface area contributed by atoms with Crippen LogP contribution in [0.1, 0.15) is 52.0 Å². The van der Waals surface area contributed by atoms with Gasteiger partial charge in [-0.05, 0) is 83.9 Å². The minimum absolute atomic E-state index is 0. The Morgan fingerprint density at radius 3 is 1.15 bits per heavy atom. The Balaban J connectivity index is 0.000000280. The first kappa shape index (κ1) is 61.5. The Bertz CT molecular complexity index is 3720. The van der Waals surface area contributed by atoms with Gasteiger partial charge in [0, 0.05) is 72.3 Å². The van der Waals surface area contributed by atoms with E-state index in [-0.39, 0.29) is 64.5 Å². The van der Waals surface area contributed by atoms with Crippen molar-refractivity contribution in [3.05, 3.63) is 218 Å². The number of nitrogens with one attached hydrogen (secondary N) is 2. The number of nitro benzene ring substituents is 2. The number of aromatic amines is 2. The summed E-state index contributed by atoms with van der Waals surface area (Å²) in [5, 5.41) is 38.8. The highest BCUT2D eigenvalue weighted by atomic mass is 32.1. The molecule has 416 valence electrons. The molecule has 80 heavy (non-hydrogen) atoms. The molecule has 4 aromatic carbocycles. The summed E-state index contributed by atoms with van der Waals surface area (Å²) in [6, 6.07) is 38.1. The summed E-state index contributed by atoms with van der Waals surface area (Å²) in [4.78, 5) is 87.0. The molecule has 22 nitrogen and oxygen atoms in total. The maximum atomic E-state index is 13.8. The van der Waals surface area contributed by atoms with Crippen molar-refractivity contribution in [3.63, 3.8) is 0 Å². The second-order valence-corrected chi connectivity index (χ2v) is 19.2. The Morgan fingerprint density at radius 1 is 0.500 bits per heavy atom. The molecule has 0 bridgehead atoms. The third kappa shape index (κ3) is 13.1. The van der Waals surface area contributed by atoms with E-state index < -0.39 is 32.3 Å². The fraction of sp³-hybridized carbons (Fsp3) is 0.214. The van der Waals surface area contributed by atoms with Crippen LogP contribution < -0.4 is 32.0 Å². The average Bonchev–Trinajstić information content (AvgIpc) is 4.11. The third-order valence-corrected chi connectivity index (χ3v) is 14.3. The van der Waals surface area contributed by atoms with Crippen LogP contribution in [0.2, 0.25) is 0 Å². The number of nitro groups is 2. The van der Waals surface area contributed by atoms with Gasteiger partial charge < -0.3 is 9.47 Å². The van der Waals surface area contributed by atoms with E-state index in [2.05, 4.69) is 40.2 Å². The van der Waals surface area contributed by atoms with E-state index >= 15 is 0 Å². The summed E-state index contributed by atoms with van der Waals surface area (Å²) >= 11 is 2.51. The summed E-state index contributed by atoms with van der Waals surface area (Å²) in [6.07, 6.45) is 0. The lowest BCUT2D eigenvalue weighted by Gasteiger charge is -2.18. The van der Waals surface area contributed by atoms with E-state index in [1.165, 1.54) is 85.4 Å². The number of thiophene rings is 2. The average molecular weight is 1130 g/mol. The summed E-state index contributed by atoms with van der Waals surface area (Å²) in [6.45, 7) is 2.02. The zero-order chi connectivity index (χ0) is 53.6. The SMILES string of the molecule is C.C.C.C.COc1ccc(-n2c(=O)[nH]c3sc(-c4ccc([N+](=O)[O-])cc4)c(CN(C)Cc4ccccc4)c3c2=O)nn1.COc1ccc(-n2c(=O)[nH]c3sc(-c4ccc([N+](=O)[O-])cc4)c(CN(C)Cc4ccccc4)c3c2=O)nn1. The van der Waals surface area contributed by atoms with E-state index in [0.29, 0.717) is 68.9 Å². The van der Waals surface area contributed by atoms with Crippen molar-refractivity contribution in [1.29, 1.82) is 0 Å². The minimum atomic E-state index is -0.650. The van der Waals surface area contributed by atoms with E-state index in [9.17, 15) is 39.4 Å².